The van der Waals surface area contributed by atoms with E-state index in [4.69, 9.17) is 9.47 Å². The average molecular weight is 406 g/mol. The van der Waals surface area contributed by atoms with Gasteiger partial charge in [0.05, 0.1) is 11.1 Å². The standard InChI is InChI=1S/C20H24BrNO3/c1-4-24-17-8-5-15(6-9-17)12-22-20(23)13-25-19-10-7-16(14(2)3)11-18(19)21/h5-11,14H,4,12-13H2,1-3H3,(H,22,23). The van der Waals surface area contributed by atoms with Crippen LogP contribution in [0.5, 0.6) is 11.5 Å². The van der Waals surface area contributed by atoms with Gasteiger partial charge in [-0.25, -0.2) is 0 Å². The molecule has 0 saturated carbocycles. The molecule has 134 valence electrons. The van der Waals surface area contributed by atoms with Crippen molar-refractivity contribution in [2.75, 3.05) is 13.2 Å². The van der Waals surface area contributed by atoms with Crippen LogP contribution in [-0.4, -0.2) is 19.1 Å². The maximum atomic E-state index is 12.0. The second-order valence-corrected chi connectivity index (χ2v) is 6.84. The van der Waals surface area contributed by atoms with Crippen molar-refractivity contribution in [1.29, 1.82) is 0 Å². The Morgan fingerprint density at radius 2 is 1.84 bits per heavy atom. The average Bonchev–Trinajstić information content (AvgIpc) is 2.60. The monoisotopic (exact) mass is 405 g/mol. The molecule has 0 aromatic heterocycles. The lowest BCUT2D eigenvalue weighted by molar-refractivity contribution is -0.123. The van der Waals surface area contributed by atoms with Gasteiger partial charge in [0.25, 0.3) is 5.91 Å². The van der Waals surface area contributed by atoms with Gasteiger partial charge in [0.2, 0.25) is 0 Å². The highest BCUT2D eigenvalue weighted by Crippen LogP contribution is 2.28. The number of carbonyl (C=O) groups is 1. The number of hydrogen-bond acceptors (Lipinski definition) is 3. The van der Waals surface area contributed by atoms with Crippen molar-refractivity contribution in [2.24, 2.45) is 0 Å². The summed E-state index contributed by atoms with van der Waals surface area (Å²) >= 11 is 3.49. The van der Waals surface area contributed by atoms with Crippen LogP contribution >= 0.6 is 15.9 Å². The Morgan fingerprint density at radius 3 is 2.44 bits per heavy atom. The fourth-order valence-electron chi connectivity index (χ4n) is 2.26. The number of benzene rings is 2. The molecule has 0 spiro atoms. The number of halogens is 1. The number of amides is 1. The minimum atomic E-state index is -0.159. The van der Waals surface area contributed by atoms with Gasteiger partial charge in [0, 0.05) is 6.54 Å². The van der Waals surface area contributed by atoms with Gasteiger partial charge >= 0.3 is 0 Å². The van der Waals surface area contributed by atoms with Crippen LogP contribution < -0.4 is 14.8 Å². The summed E-state index contributed by atoms with van der Waals surface area (Å²) in [5.41, 5.74) is 2.23. The number of carbonyl (C=O) groups excluding carboxylic acids is 1. The molecule has 0 radical (unpaired) electrons. The van der Waals surface area contributed by atoms with E-state index in [1.807, 2.05) is 49.4 Å². The van der Waals surface area contributed by atoms with Gasteiger partial charge in [-0.2, -0.15) is 0 Å². The van der Waals surface area contributed by atoms with E-state index in [1.54, 1.807) is 0 Å². The maximum Gasteiger partial charge on any atom is 0.258 e. The van der Waals surface area contributed by atoms with Crippen LogP contribution in [0.3, 0.4) is 0 Å². The van der Waals surface area contributed by atoms with E-state index in [1.165, 1.54) is 5.56 Å². The van der Waals surface area contributed by atoms with E-state index < -0.39 is 0 Å². The Morgan fingerprint density at radius 1 is 1.12 bits per heavy atom. The van der Waals surface area contributed by atoms with Gasteiger partial charge in [-0.1, -0.05) is 32.0 Å². The van der Waals surface area contributed by atoms with Crippen molar-refractivity contribution in [1.82, 2.24) is 5.32 Å². The topological polar surface area (TPSA) is 47.6 Å². The molecule has 0 aliphatic heterocycles. The summed E-state index contributed by atoms with van der Waals surface area (Å²) in [4.78, 5) is 12.0. The molecule has 25 heavy (non-hydrogen) atoms. The third kappa shape index (κ3) is 6.09. The van der Waals surface area contributed by atoms with Crippen LogP contribution in [-0.2, 0) is 11.3 Å². The smallest absolute Gasteiger partial charge is 0.258 e. The first-order chi connectivity index (χ1) is 12.0. The first-order valence-corrected chi connectivity index (χ1v) is 9.19. The second-order valence-electron chi connectivity index (χ2n) is 5.99. The molecule has 0 saturated heterocycles. The summed E-state index contributed by atoms with van der Waals surface area (Å²) in [5, 5.41) is 2.85. The van der Waals surface area contributed by atoms with E-state index in [0.29, 0.717) is 24.8 Å². The van der Waals surface area contributed by atoms with Crippen LogP contribution in [0.2, 0.25) is 0 Å². The van der Waals surface area contributed by atoms with Crippen LogP contribution in [0.1, 0.15) is 37.8 Å². The summed E-state index contributed by atoms with van der Waals surface area (Å²) in [6.07, 6.45) is 0. The van der Waals surface area contributed by atoms with E-state index >= 15 is 0 Å². The first kappa shape index (κ1) is 19.3. The molecular weight excluding hydrogens is 382 g/mol. The molecule has 2 aromatic rings. The minimum absolute atomic E-state index is 0.0172. The summed E-state index contributed by atoms with van der Waals surface area (Å²) < 4.78 is 11.8. The largest absolute Gasteiger partial charge is 0.494 e. The molecule has 0 atom stereocenters. The van der Waals surface area contributed by atoms with Crippen molar-refractivity contribution < 1.29 is 14.3 Å². The van der Waals surface area contributed by atoms with E-state index in [2.05, 4.69) is 35.1 Å². The zero-order valence-corrected chi connectivity index (χ0v) is 16.4. The summed E-state index contributed by atoms with van der Waals surface area (Å²) in [7, 11) is 0. The normalized spacial score (nSPS) is 10.6. The van der Waals surface area contributed by atoms with Gasteiger partial charge in [-0.3, -0.25) is 4.79 Å². The molecule has 0 heterocycles. The summed E-state index contributed by atoms with van der Waals surface area (Å²) in [6, 6.07) is 13.6. The first-order valence-electron chi connectivity index (χ1n) is 8.40. The van der Waals surface area contributed by atoms with Crippen LogP contribution in [0.25, 0.3) is 0 Å². The van der Waals surface area contributed by atoms with Crippen molar-refractivity contribution in [3.05, 3.63) is 58.1 Å². The fraction of sp³-hybridized carbons (Fsp3) is 0.350. The molecule has 0 fully saturated rings. The van der Waals surface area contributed by atoms with Crippen LogP contribution in [0.15, 0.2) is 46.9 Å². The van der Waals surface area contributed by atoms with Crippen molar-refractivity contribution in [2.45, 2.75) is 33.2 Å². The van der Waals surface area contributed by atoms with E-state index in [9.17, 15) is 4.79 Å². The highest BCUT2D eigenvalue weighted by molar-refractivity contribution is 9.10. The number of ether oxygens (including phenoxy) is 2. The zero-order chi connectivity index (χ0) is 18.2. The lowest BCUT2D eigenvalue weighted by Gasteiger charge is -2.12. The van der Waals surface area contributed by atoms with Crippen molar-refractivity contribution in [3.63, 3.8) is 0 Å². The SMILES string of the molecule is CCOc1ccc(CNC(=O)COc2ccc(C(C)C)cc2Br)cc1. The third-order valence-corrected chi connectivity index (χ3v) is 4.33. The lowest BCUT2D eigenvalue weighted by atomic mass is 10.0. The predicted molar refractivity (Wildman–Crippen MR) is 103 cm³/mol. The van der Waals surface area contributed by atoms with Gasteiger partial charge in [-0.15, -0.1) is 0 Å². The molecule has 0 aliphatic rings. The Labute approximate surface area is 157 Å². The van der Waals surface area contributed by atoms with E-state index in [0.717, 1.165) is 15.8 Å². The number of hydrogen-bond donors (Lipinski definition) is 1. The Bertz CT molecular complexity index is 699. The van der Waals surface area contributed by atoms with Gasteiger partial charge in [-0.05, 0) is 64.2 Å². The fourth-order valence-corrected chi connectivity index (χ4v) is 2.77. The molecule has 0 bridgehead atoms. The molecule has 1 amide bonds. The van der Waals surface area contributed by atoms with Crippen molar-refractivity contribution in [3.8, 4) is 11.5 Å². The van der Waals surface area contributed by atoms with Crippen LogP contribution in [0.4, 0.5) is 0 Å². The lowest BCUT2D eigenvalue weighted by Crippen LogP contribution is -2.28. The molecule has 0 unspecified atom stereocenters. The second kappa shape index (κ2) is 9.47. The quantitative estimate of drug-likeness (QED) is 0.693. The molecule has 4 nitrogen and oxygen atoms in total. The molecule has 1 N–H and O–H groups in total. The molecular formula is C20H24BrNO3. The molecule has 2 rings (SSSR count). The molecule has 5 heteroatoms. The highest BCUT2D eigenvalue weighted by Gasteiger charge is 2.08. The third-order valence-electron chi connectivity index (χ3n) is 3.71. The highest BCUT2D eigenvalue weighted by atomic mass is 79.9. The summed E-state index contributed by atoms with van der Waals surface area (Å²) in [5.74, 6) is 1.78. The van der Waals surface area contributed by atoms with Crippen LogP contribution in [0, 0.1) is 0 Å². The van der Waals surface area contributed by atoms with E-state index in [-0.39, 0.29) is 12.5 Å². The van der Waals surface area contributed by atoms with Gasteiger partial charge in [0.1, 0.15) is 11.5 Å². The summed E-state index contributed by atoms with van der Waals surface area (Å²) in [6.45, 7) is 7.30. The van der Waals surface area contributed by atoms with Crippen molar-refractivity contribution >= 4 is 21.8 Å². The Hall–Kier alpha value is -2.01. The maximum absolute atomic E-state index is 12.0. The number of rotatable bonds is 8. The Kier molecular flexibility index (Phi) is 7.31. The van der Waals surface area contributed by atoms with Gasteiger partial charge in [0.15, 0.2) is 6.61 Å². The molecule has 2 aromatic carbocycles. The molecule has 0 aliphatic carbocycles. The number of nitrogens with one attached hydrogen (secondary N) is 1. The van der Waals surface area contributed by atoms with Gasteiger partial charge < -0.3 is 14.8 Å². The zero-order valence-electron chi connectivity index (χ0n) is 14.8. The Balaban J connectivity index is 1.80. The minimum Gasteiger partial charge on any atom is -0.494 e. The predicted octanol–water partition coefficient (Wildman–Crippen LogP) is 4.67.